The van der Waals surface area contributed by atoms with Crippen LogP contribution in [0.1, 0.15) is 39.5 Å². The molecule has 0 rings (SSSR count). The Morgan fingerprint density at radius 3 is 2.45 bits per heavy atom. The molecule has 0 aromatic carbocycles. The Labute approximate surface area is 71.1 Å². The molecule has 0 aliphatic heterocycles. The van der Waals surface area contributed by atoms with Crippen LogP contribution >= 0.6 is 0 Å². The standard InChI is InChI=1S/C8H14O2S/c1-3-4-5-6-8(9)7(2)11-10/h3-6H2,1-2H3. The quantitative estimate of drug-likeness (QED) is 0.468. The van der Waals surface area contributed by atoms with E-state index in [4.69, 9.17) is 0 Å². The van der Waals surface area contributed by atoms with Gasteiger partial charge in [0.1, 0.15) is 0 Å². The summed E-state index contributed by atoms with van der Waals surface area (Å²) in [4.78, 5) is 11.4. The molecule has 64 valence electrons. The van der Waals surface area contributed by atoms with E-state index in [0.29, 0.717) is 22.5 Å². The van der Waals surface area contributed by atoms with Gasteiger partial charge in [0.15, 0.2) is 5.78 Å². The third kappa shape index (κ3) is 4.90. The van der Waals surface area contributed by atoms with Crippen molar-refractivity contribution in [3.8, 4) is 0 Å². The van der Waals surface area contributed by atoms with Crippen LogP contribution in [-0.4, -0.2) is 14.9 Å². The van der Waals surface area contributed by atoms with Crippen molar-refractivity contribution in [2.45, 2.75) is 39.5 Å². The van der Waals surface area contributed by atoms with E-state index in [1.165, 1.54) is 0 Å². The fourth-order valence-corrected chi connectivity index (χ4v) is 0.953. The van der Waals surface area contributed by atoms with Crippen molar-refractivity contribution < 1.29 is 9.00 Å². The Hall–Kier alpha value is -0.440. The van der Waals surface area contributed by atoms with Crippen molar-refractivity contribution in [3.05, 3.63) is 0 Å². The van der Waals surface area contributed by atoms with Crippen LogP contribution in [-0.2, 0) is 16.1 Å². The fourth-order valence-electron chi connectivity index (χ4n) is 0.758. The molecule has 0 heterocycles. The number of carbonyl (C=O) groups is 1. The summed E-state index contributed by atoms with van der Waals surface area (Å²) in [5.41, 5.74) is 0. The summed E-state index contributed by atoms with van der Waals surface area (Å²) in [6.07, 6.45) is 3.63. The second kappa shape index (κ2) is 6.28. The summed E-state index contributed by atoms with van der Waals surface area (Å²) in [6.45, 7) is 3.68. The Balaban J connectivity index is 3.62. The maximum Gasteiger partial charge on any atom is 0.171 e. The summed E-state index contributed by atoms with van der Waals surface area (Å²) >= 11 is 0.308. The Morgan fingerprint density at radius 2 is 2.00 bits per heavy atom. The minimum Gasteiger partial charge on any atom is -0.294 e. The summed E-state index contributed by atoms with van der Waals surface area (Å²) < 4.78 is 10.2. The smallest absolute Gasteiger partial charge is 0.171 e. The third-order valence-corrected chi connectivity index (χ3v) is 2.00. The predicted molar refractivity (Wildman–Crippen MR) is 48.0 cm³/mol. The van der Waals surface area contributed by atoms with Crippen molar-refractivity contribution in [3.63, 3.8) is 0 Å². The van der Waals surface area contributed by atoms with Gasteiger partial charge in [0, 0.05) is 6.42 Å². The second-order valence-corrected chi connectivity index (χ2v) is 3.30. The van der Waals surface area contributed by atoms with E-state index < -0.39 is 0 Å². The molecule has 0 radical (unpaired) electrons. The van der Waals surface area contributed by atoms with Crippen molar-refractivity contribution in [2.24, 2.45) is 0 Å². The van der Waals surface area contributed by atoms with Crippen molar-refractivity contribution in [1.29, 1.82) is 0 Å². The highest BCUT2D eigenvalue weighted by molar-refractivity contribution is 7.68. The highest BCUT2D eigenvalue weighted by atomic mass is 32.1. The van der Waals surface area contributed by atoms with E-state index in [1.807, 2.05) is 0 Å². The van der Waals surface area contributed by atoms with Gasteiger partial charge in [-0.05, 0) is 13.3 Å². The highest BCUT2D eigenvalue weighted by Gasteiger charge is 2.03. The summed E-state index contributed by atoms with van der Waals surface area (Å²) in [5.74, 6) is 0.0125. The van der Waals surface area contributed by atoms with Gasteiger partial charge >= 0.3 is 0 Å². The summed E-state index contributed by atoms with van der Waals surface area (Å²) in [7, 11) is 0. The van der Waals surface area contributed by atoms with Gasteiger partial charge in [-0.15, -0.1) is 0 Å². The van der Waals surface area contributed by atoms with Gasteiger partial charge < -0.3 is 0 Å². The molecule has 0 bridgehead atoms. The molecule has 3 heteroatoms. The highest BCUT2D eigenvalue weighted by Crippen LogP contribution is 1.99. The first kappa shape index (κ1) is 10.6. The Morgan fingerprint density at radius 1 is 1.36 bits per heavy atom. The molecule has 0 aliphatic rings. The average Bonchev–Trinajstić information content (AvgIpc) is 2.03. The first-order valence-corrected chi connectivity index (χ1v) is 4.63. The van der Waals surface area contributed by atoms with E-state index in [0.717, 1.165) is 19.3 Å². The molecule has 11 heavy (non-hydrogen) atoms. The van der Waals surface area contributed by atoms with Crippen LogP contribution in [0.2, 0.25) is 0 Å². The normalized spacial score (nSPS) is 9.27. The third-order valence-electron chi connectivity index (χ3n) is 1.53. The molecule has 0 unspecified atom stereocenters. The van der Waals surface area contributed by atoms with Gasteiger partial charge in [-0.3, -0.25) is 4.79 Å². The molecule has 0 atom stereocenters. The molecule has 0 spiro atoms. The van der Waals surface area contributed by atoms with Crippen molar-refractivity contribution in [1.82, 2.24) is 0 Å². The molecule has 0 N–H and O–H groups in total. The molecule has 0 aromatic rings. The zero-order valence-electron chi connectivity index (χ0n) is 7.05. The maximum atomic E-state index is 11.0. The largest absolute Gasteiger partial charge is 0.294 e. The van der Waals surface area contributed by atoms with Crippen LogP contribution in [0.3, 0.4) is 0 Å². The number of hydrogen-bond acceptors (Lipinski definition) is 2. The van der Waals surface area contributed by atoms with Crippen LogP contribution in [0.15, 0.2) is 0 Å². The molecule has 2 nitrogen and oxygen atoms in total. The molecule has 0 saturated carbocycles. The van der Waals surface area contributed by atoms with Gasteiger partial charge in [-0.2, -0.15) is 0 Å². The van der Waals surface area contributed by atoms with Crippen LogP contribution in [0.4, 0.5) is 0 Å². The lowest BCUT2D eigenvalue weighted by molar-refractivity contribution is -0.112. The topological polar surface area (TPSA) is 34.1 Å². The van der Waals surface area contributed by atoms with E-state index >= 15 is 0 Å². The number of ketones is 1. The van der Waals surface area contributed by atoms with Gasteiger partial charge in [0.25, 0.3) is 0 Å². The zero-order chi connectivity index (χ0) is 8.69. The van der Waals surface area contributed by atoms with E-state index in [-0.39, 0.29) is 5.78 Å². The van der Waals surface area contributed by atoms with Gasteiger partial charge in [0.2, 0.25) is 0 Å². The van der Waals surface area contributed by atoms with Crippen LogP contribution in [0.25, 0.3) is 0 Å². The minimum atomic E-state index is 0.0125. The van der Waals surface area contributed by atoms with Crippen LogP contribution in [0.5, 0.6) is 0 Å². The first-order chi connectivity index (χ1) is 5.22. The number of rotatable bonds is 5. The maximum absolute atomic E-state index is 11.0. The minimum absolute atomic E-state index is 0.0125. The van der Waals surface area contributed by atoms with Crippen molar-refractivity contribution >= 4 is 21.9 Å². The summed E-state index contributed by atoms with van der Waals surface area (Å²) in [6, 6.07) is 0. The van der Waals surface area contributed by atoms with Gasteiger partial charge in [-0.25, -0.2) is 4.21 Å². The number of carbonyl (C=O) groups excluding carboxylic acids is 1. The molecular weight excluding hydrogens is 160 g/mol. The molecule has 0 aromatic heterocycles. The molecular formula is C8H14O2S. The van der Waals surface area contributed by atoms with Gasteiger partial charge in [-0.1, -0.05) is 19.8 Å². The van der Waals surface area contributed by atoms with Crippen molar-refractivity contribution in [2.75, 3.05) is 0 Å². The second-order valence-electron chi connectivity index (χ2n) is 2.52. The Bertz CT molecular complexity index is 181. The lowest BCUT2D eigenvalue weighted by atomic mass is 10.1. The monoisotopic (exact) mass is 174 g/mol. The molecule has 0 aliphatic carbocycles. The molecule has 0 amide bonds. The van der Waals surface area contributed by atoms with E-state index in [2.05, 4.69) is 6.92 Å². The van der Waals surface area contributed by atoms with E-state index in [1.54, 1.807) is 6.92 Å². The summed E-state index contributed by atoms with van der Waals surface area (Å²) in [5, 5.41) is 0. The van der Waals surface area contributed by atoms with Crippen LogP contribution in [0, 0.1) is 0 Å². The first-order valence-electron chi connectivity index (χ1n) is 3.89. The SMILES string of the molecule is CCCCCC(=O)C(C)=S=O. The van der Waals surface area contributed by atoms with Gasteiger partial charge in [0.05, 0.1) is 16.1 Å². The fraction of sp³-hybridized carbons (Fsp3) is 0.750. The number of unbranched alkanes of at least 4 members (excludes halogenated alkanes) is 2. The lowest BCUT2D eigenvalue weighted by Crippen LogP contribution is -2.08. The molecule has 0 saturated heterocycles. The zero-order valence-corrected chi connectivity index (χ0v) is 7.87. The number of Topliss-reactive ketones (excluding diaryl/α,β-unsaturated/α-hetero) is 1. The van der Waals surface area contributed by atoms with Crippen LogP contribution < -0.4 is 0 Å². The Kier molecular flexibility index (Phi) is 6.03. The molecule has 0 fully saturated rings. The predicted octanol–water partition coefficient (Wildman–Crippen LogP) is 1.54. The average molecular weight is 174 g/mol. The number of hydrogen-bond donors (Lipinski definition) is 0. The lowest BCUT2D eigenvalue weighted by Gasteiger charge is -1.95. The van der Waals surface area contributed by atoms with E-state index in [9.17, 15) is 9.00 Å².